The Labute approximate surface area is 108 Å². The molecule has 0 aliphatic carbocycles. The topological polar surface area (TPSA) is 64.3 Å². The molecule has 0 aliphatic heterocycles. The average molecular weight is 259 g/mol. The summed E-state index contributed by atoms with van der Waals surface area (Å²) in [6.07, 6.45) is 0.787. The van der Waals surface area contributed by atoms with E-state index in [2.05, 4.69) is 5.32 Å². The van der Waals surface area contributed by atoms with E-state index in [0.29, 0.717) is 17.9 Å². The van der Waals surface area contributed by atoms with E-state index >= 15 is 0 Å². The third-order valence-electron chi connectivity index (χ3n) is 2.34. The van der Waals surface area contributed by atoms with Gasteiger partial charge in [-0.1, -0.05) is 12.1 Å². The van der Waals surface area contributed by atoms with Crippen molar-refractivity contribution in [2.75, 3.05) is 19.5 Å². The molecule has 0 saturated carbocycles. The van der Waals surface area contributed by atoms with E-state index in [-0.39, 0.29) is 24.4 Å². The highest BCUT2D eigenvalue weighted by Crippen LogP contribution is 2.10. The number of nitrogens with one attached hydrogen (secondary N) is 1. The van der Waals surface area contributed by atoms with Gasteiger partial charge in [0, 0.05) is 25.4 Å². The summed E-state index contributed by atoms with van der Waals surface area (Å²) in [5.74, 6) is -0.137. The molecule has 4 nitrogen and oxygen atoms in total. The lowest BCUT2D eigenvalue weighted by Crippen LogP contribution is -2.33. The van der Waals surface area contributed by atoms with Crippen LogP contribution in [-0.2, 0) is 4.74 Å². The van der Waals surface area contributed by atoms with Crippen molar-refractivity contribution in [3.8, 4) is 0 Å². The van der Waals surface area contributed by atoms with Crippen LogP contribution in [-0.4, -0.2) is 25.7 Å². The molecule has 0 fully saturated rings. The minimum absolute atomic E-state index is 0. The molecule has 5 heteroatoms. The minimum atomic E-state index is -0.137. The van der Waals surface area contributed by atoms with E-state index in [4.69, 9.17) is 10.5 Å². The molecule has 0 saturated heterocycles. The molecule has 0 aliphatic rings. The zero-order valence-corrected chi connectivity index (χ0v) is 10.9. The first-order chi connectivity index (χ1) is 7.65. The molecule has 0 bridgehead atoms. The molecule has 1 rings (SSSR count). The van der Waals surface area contributed by atoms with Gasteiger partial charge in [-0.3, -0.25) is 4.79 Å². The normalized spacial score (nSPS) is 11.4. The van der Waals surface area contributed by atoms with Crippen molar-refractivity contribution in [2.45, 2.75) is 19.4 Å². The summed E-state index contributed by atoms with van der Waals surface area (Å²) in [7, 11) is 1.64. The SMILES string of the molecule is COCCC(C)NC(=O)c1ccccc1N.Cl. The largest absolute Gasteiger partial charge is 0.398 e. The van der Waals surface area contributed by atoms with Crippen LogP contribution in [0, 0.1) is 0 Å². The Hall–Kier alpha value is -1.26. The maximum Gasteiger partial charge on any atom is 0.253 e. The molecule has 1 aromatic carbocycles. The van der Waals surface area contributed by atoms with Gasteiger partial charge in [-0.15, -0.1) is 12.4 Å². The van der Waals surface area contributed by atoms with Gasteiger partial charge in [0.1, 0.15) is 0 Å². The van der Waals surface area contributed by atoms with E-state index in [9.17, 15) is 4.79 Å². The minimum Gasteiger partial charge on any atom is -0.398 e. The summed E-state index contributed by atoms with van der Waals surface area (Å²) >= 11 is 0. The summed E-state index contributed by atoms with van der Waals surface area (Å²) in [6, 6.07) is 7.11. The first-order valence-corrected chi connectivity index (χ1v) is 5.29. The summed E-state index contributed by atoms with van der Waals surface area (Å²) in [6.45, 7) is 2.57. The van der Waals surface area contributed by atoms with Gasteiger partial charge in [-0.25, -0.2) is 0 Å². The second-order valence-electron chi connectivity index (χ2n) is 3.74. The molecule has 1 unspecified atom stereocenters. The average Bonchev–Trinajstić information content (AvgIpc) is 2.26. The zero-order chi connectivity index (χ0) is 12.0. The highest BCUT2D eigenvalue weighted by molar-refractivity contribution is 5.99. The van der Waals surface area contributed by atoms with E-state index in [1.54, 1.807) is 31.4 Å². The molecule has 0 radical (unpaired) electrons. The lowest BCUT2D eigenvalue weighted by atomic mass is 10.1. The highest BCUT2D eigenvalue weighted by atomic mass is 35.5. The number of rotatable bonds is 5. The number of carbonyl (C=O) groups is 1. The number of hydrogen-bond acceptors (Lipinski definition) is 3. The number of benzene rings is 1. The Balaban J connectivity index is 0.00000256. The number of nitrogens with two attached hydrogens (primary N) is 1. The number of nitrogen functional groups attached to an aromatic ring is 1. The maximum atomic E-state index is 11.8. The molecule has 0 spiro atoms. The molecule has 17 heavy (non-hydrogen) atoms. The fourth-order valence-electron chi connectivity index (χ4n) is 1.37. The van der Waals surface area contributed by atoms with Crippen LogP contribution in [0.25, 0.3) is 0 Å². The van der Waals surface area contributed by atoms with Crippen LogP contribution in [0.5, 0.6) is 0 Å². The van der Waals surface area contributed by atoms with Crippen LogP contribution < -0.4 is 11.1 Å². The van der Waals surface area contributed by atoms with Crippen molar-refractivity contribution in [1.82, 2.24) is 5.32 Å². The highest BCUT2D eigenvalue weighted by Gasteiger charge is 2.11. The van der Waals surface area contributed by atoms with Crippen LogP contribution in [0.3, 0.4) is 0 Å². The number of carbonyl (C=O) groups excluding carboxylic acids is 1. The fraction of sp³-hybridized carbons (Fsp3) is 0.417. The van der Waals surface area contributed by atoms with Gasteiger partial charge in [0.2, 0.25) is 0 Å². The number of methoxy groups -OCH3 is 1. The molecule has 3 N–H and O–H groups in total. The van der Waals surface area contributed by atoms with E-state index in [1.807, 2.05) is 6.92 Å². The monoisotopic (exact) mass is 258 g/mol. The lowest BCUT2D eigenvalue weighted by molar-refractivity contribution is 0.0930. The molecule has 0 heterocycles. The number of ether oxygens (including phenoxy) is 1. The van der Waals surface area contributed by atoms with Crippen molar-refractivity contribution in [2.24, 2.45) is 0 Å². The quantitative estimate of drug-likeness (QED) is 0.793. The Bertz CT molecular complexity index is 358. The molecule has 1 aromatic rings. The van der Waals surface area contributed by atoms with Gasteiger partial charge in [0.05, 0.1) is 5.56 Å². The second-order valence-corrected chi connectivity index (χ2v) is 3.74. The number of amides is 1. The number of halogens is 1. The Kier molecular flexibility index (Phi) is 7.34. The standard InChI is InChI=1S/C12H18N2O2.ClH/c1-9(7-8-16-2)14-12(15)10-5-3-4-6-11(10)13;/h3-6,9H,7-8,13H2,1-2H3,(H,14,15);1H. The van der Waals surface area contributed by atoms with E-state index in [1.165, 1.54) is 0 Å². The fourth-order valence-corrected chi connectivity index (χ4v) is 1.37. The van der Waals surface area contributed by atoms with Crippen molar-refractivity contribution in [3.63, 3.8) is 0 Å². The van der Waals surface area contributed by atoms with Gasteiger partial charge < -0.3 is 15.8 Å². The van der Waals surface area contributed by atoms with Crippen molar-refractivity contribution < 1.29 is 9.53 Å². The summed E-state index contributed by atoms with van der Waals surface area (Å²) in [5.41, 5.74) is 6.73. The number of anilines is 1. The molecule has 1 atom stereocenters. The zero-order valence-electron chi connectivity index (χ0n) is 10.1. The van der Waals surface area contributed by atoms with E-state index < -0.39 is 0 Å². The molecule has 96 valence electrons. The van der Waals surface area contributed by atoms with Crippen LogP contribution in [0.1, 0.15) is 23.7 Å². The van der Waals surface area contributed by atoms with E-state index in [0.717, 1.165) is 6.42 Å². The van der Waals surface area contributed by atoms with Crippen LogP contribution >= 0.6 is 12.4 Å². The summed E-state index contributed by atoms with van der Waals surface area (Å²) < 4.78 is 4.95. The number of para-hydroxylation sites is 1. The Morgan fingerprint density at radius 1 is 1.47 bits per heavy atom. The number of hydrogen-bond donors (Lipinski definition) is 2. The van der Waals surface area contributed by atoms with Crippen molar-refractivity contribution in [1.29, 1.82) is 0 Å². The van der Waals surface area contributed by atoms with Crippen LogP contribution in [0.4, 0.5) is 5.69 Å². The van der Waals surface area contributed by atoms with Crippen molar-refractivity contribution in [3.05, 3.63) is 29.8 Å². The van der Waals surface area contributed by atoms with Gasteiger partial charge >= 0.3 is 0 Å². The van der Waals surface area contributed by atoms with Gasteiger partial charge in [-0.2, -0.15) is 0 Å². The second kappa shape index (κ2) is 7.92. The first kappa shape index (κ1) is 15.7. The Morgan fingerprint density at radius 3 is 2.71 bits per heavy atom. The Morgan fingerprint density at radius 2 is 2.12 bits per heavy atom. The van der Waals surface area contributed by atoms with Gasteiger partial charge in [-0.05, 0) is 25.5 Å². The summed E-state index contributed by atoms with van der Waals surface area (Å²) in [4.78, 5) is 11.8. The van der Waals surface area contributed by atoms with Gasteiger partial charge in [0.15, 0.2) is 0 Å². The van der Waals surface area contributed by atoms with Crippen LogP contribution in [0.15, 0.2) is 24.3 Å². The maximum absolute atomic E-state index is 11.8. The molecular formula is C12H19ClN2O2. The smallest absolute Gasteiger partial charge is 0.253 e. The lowest BCUT2D eigenvalue weighted by Gasteiger charge is -2.14. The third kappa shape index (κ3) is 5.06. The molecule has 1 amide bonds. The molecule has 0 aromatic heterocycles. The predicted octanol–water partition coefficient (Wildman–Crippen LogP) is 1.85. The summed E-state index contributed by atoms with van der Waals surface area (Å²) in [5, 5.41) is 2.87. The van der Waals surface area contributed by atoms with Crippen molar-refractivity contribution >= 4 is 24.0 Å². The van der Waals surface area contributed by atoms with Gasteiger partial charge in [0.25, 0.3) is 5.91 Å². The third-order valence-corrected chi connectivity index (χ3v) is 2.34. The first-order valence-electron chi connectivity index (χ1n) is 5.29. The predicted molar refractivity (Wildman–Crippen MR) is 71.5 cm³/mol. The molecular weight excluding hydrogens is 240 g/mol. The van der Waals surface area contributed by atoms with Crippen LogP contribution in [0.2, 0.25) is 0 Å².